The van der Waals surface area contributed by atoms with Crippen LogP contribution in [-0.2, 0) is 0 Å². The molecular formula is C8H7F2N3O2. The maximum absolute atomic E-state index is 11.9. The molecule has 0 aromatic heterocycles. The molecule has 0 aliphatic carbocycles. The molecular weight excluding hydrogens is 208 g/mol. The normalized spacial score (nSPS) is 9.60. The van der Waals surface area contributed by atoms with Crippen molar-refractivity contribution in [2.75, 3.05) is 7.11 Å². The minimum absolute atomic E-state index is 0.0443. The highest BCUT2D eigenvalue weighted by atomic mass is 19.3. The molecule has 0 saturated heterocycles. The molecule has 15 heavy (non-hydrogen) atoms. The van der Waals surface area contributed by atoms with Gasteiger partial charge in [-0.05, 0) is 23.7 Å². The average molecular weight is 215 g/mol. The summed E-state index contributed by atoms with van der Waals surface area (Å²) in [5, 5.41) is 3.21. The molecule has 0 fully saturated rings. The average Bonchev–Trinajstić information content (AvgIpc) is 2.20. The number of nitrogens with zero attached hydrogens (tertiary/aromatic N) is 3. The molecule has 0 atom stereocenters. The molecule has 0 spiro atoms. The van der Waals surface area contributed by atoms with Crippen LogP contribution in [-0.4, -0.2) is 13.7 Å². The van der Waals surface area contributed by atoms with Crippen LogP contribution in [0.2, 0.25) is 0 Å². The minimum atomic E-state index is -2.97. The van der Waals surface area contributed by atoms with Gasteiger partial charge in [-0.2, -0.15) is 8.78 Å². The summed E-state index contributed by atoms with van der Waals surface area (Å²) in [6, 6.07) is 3.97. The molecule has 1 aromatic carbocycles. The molecule has 0 heterocycles. The highest BCUT2D eigenvalue weighted by Crippen LogP contribution is 2.32. The molecule has 0 unspecified atom stereocenters. The van der Waals surface area contributed by atoms with Gasteiger partial charge >= 0.3 is 6.61 Å². The van der Waals surface area contributed by atoms with Crippen LogP contribution >= 0.6 is 0 Å². The number of hydrogen-bond acceptors (Lipinski definition) is 3. The Labute approximate surface area is 83.9 Å². The van der Waals surface area contributed by atoms with Gasteiger partial charge in [0.15, 0.2) is 0 Å². The van der Waals surface area contributed by atoms with E-state index in [0.717, 1.165) is 0 Å². The second-order valence-corrected chi connectivity index (χ2v) is 2.40. The lowest BCUT2D eigenvalue weighted by atomic mass is 10.3. The number of hydrogen-bond donors (Lipinski definition) is 0. The number of azide groups is 1. The Morgan fingerprint density at radius 2 is 2.20 bits per heavy atom. The molecule has 7 heteroatoms. The highest BCUT2D eigenvalue weighted by Gasteiger charge is 2.09. The monoisotopic (exact) mass is 215 g/mol. The highest BCUT2D eigenvalue weighted by molar-refractivity contribution is 5.55. The number of alkyl halides is 2. The molecule has 0 saturated carbocycles. The quantitative estimate of drug-likeness (QED) is 0.439. The Morgan fingerprint density at radius 3 is 2.73 bits per heavy atom. The van der Waals surface area contributed by atoms with Crippen LogP contribution in [0.5, 0.6) is 11.5 Å². The molecule has 1 rings (SSSR count). The van der Waals surface area contributed by atoms with Crippen molar-refractivity contribution in [3.05, 3.63) is 28.6 Å². The summed E-state index contributed by atoms with van der Waals surface area (Å²) in [6.45, 7) is -2.97. The first-order chi connectivity index (χ1) is 7.17. The molecule has 0 N–H and O–H groups in total. The Kier molecular flexibility index (Phi) is 3.70. The van der Waals surface area contributed by atoms with Crippen LogP contribution in [0, 0.1) is 0 Å². The summed E-state index contributed by atoms with van der Waals surface area (Å²) < 4.78 is 32.8. The fraction of sp³-hybridized carbons (Fsp3) is 0.250. The number of ether oxygens (including phenoxy) is 2. The van der Waals surface area contributed by atoms with Gasteiger partial charge in [0.05, 0.1) is 12.8 Å². The van der Waals surface area contributed by atoms with Crippen molar-refractivity contribution in [2.24, 2.45) is 5.11 Å². The second kappa shape index (κ2) is 5.02. The van der Waals surface area contributed by atoms with E-state index in [-0.39, 0.29) is 11.4 Å². The van der Waals surface area contributed by atoms with Crippen LogP contribution in [0.25, 0.3) is 10.4 Å². The van der Waals surface area contributed by atoms with E-state index in [1.807, 2.05) is 0 Å². The molecule has 80 valence electrons. The summed E-state index contributed by atoms with van der Waals surface area (Å²) in [4.78, 5) is 2.49. The van der Waals surface area contributed by atoms with E-state index >= 15 is 0 Å². The number of methoxy groups -OCH3 is 1. The van der Waals surface area contributed by atoms with E-state index in [1.165, 1.54) is 25.3 Å². The zero-order chi connectivity index (χ0) is 11.3. The molecule has 5 nitrogen and oxygen atoms in total. The van der Waals surface area contributed by atoms with Crippen LogP contribution in [0.1, 0.15) is 0 Å². The number of halogens is 2. The summed E-state index contributed by atoms with van der Waals surface area (Å²) in [5.74, 6) is 0.197. The van der Waals surface area contributed by atoms with E-state index in [2.05, 4.69) is 14.8 Å². The van der Waals surface area contributed by atoms with Gasteiger partial charge < -0.3 is 9.47 Å². The van der Waals surface area contributed by atoms with E-state index < -0.39 is 6.61 Å². The SMILES string of the molecule is COc1ccc(OC(F)F)c(N=[N+]=[N-])c1. The third-order valence-electron chi connectivity index (χ3n) is 1.53. The fourth-order valence-electron chi connectivity index (χ4n) is 0.946. The van der Waals surface area contributed by atoms with E-state index in [4.69, 9.17) is 10.3 Å². The van der Waals surface area contributed by atoms with Crippen LogP contribution < -0.4 is 9.47 Å². The lowest BCUT2D eigenvalue weighted by molar-refractivity contribution is -0.0494. The van der Waals surface area contributed by atoms with Crippen molar-refractivity contribution in [3.63, 3.8) is 0 Å². The molecule has 0 amide bonds. The van der Waals surface area contributed by atoms with Gasteiger partial charge in [0.25, 0.3) is 0 Å². The van der Waals surface area contributed by atoms with Crippen LogP contribution in [0.4, 0.5) is 14.5 Å². The van der Waals surface area contributed by atoms with Crippen molar-refractivity contribution in [1.29, 1.82) is 0 Å². The standard InChI is InChI=1S/C8H7F2N3O2/c1-14-5-2-3-7(15-8(9)10)6(4-5)12-13-11/h2-4,8H,1H3. The van der Waals surface area contributed by atoms with E-state index in [1.54, 1.807) is 0 Å². The third-order valence-corrected chi connectivity index (χ3v) is 1.53. The Hall–Kier alpha value is -2.01. The van der Waals surface area contributed by atoms with Crippen LogP contribution in [0.15, 0.2) is 23.3 Å². The molecule has 0 bridgehead atoms. The zero-order valence-corrected chi connectivity index (χ0v) is 7.72. The van der Waals surface area contributed by atoms with Crippen molar-refractivity contribution in [3.8, 4) is 11.5 Å². The maximum Gasteiger partial charge on any atom is 0.387 e. The largest absolute Gasteiger partial charge is 0.497 e. The predicted octanol–water partition coefficient (Wildman–Crippen LogP) is 3.24. The molecule has 1 aromatic rings. The smallest absolute Gasteiger partial charge is 0.387 e. The van der Waals surface area contributed by atoms with Crippen LogP contribution in [0.3, 0.4) is 0 Å². The van der Waals surface area contributed by atoms with Gasteiger partial charge in [-0.15, -0.1) is 0 Å². The first-order valence-electron chi connectivity index (χ1n) is 3.85. The van der Waals surface area contributed by atoms with Gasteiger partial charge in [-0.1, -0.05) is 5.11 Å². The lowest BCUT2D eigenvalue weighted by Gasteiger charge is -2.08. The van der Waals surface area contributed by atoms with Gasteiger partial charge in [0.2, 0.25) is 0 Å². The number of benzene rings is 1. The molecule has 0 radical (unpaired) electrons. The predicted molar refractivity (Wildman–Crippen MR) is 48.4 cm³/mol. The fourth-order valence-corrected chi connectivity index (χ4v) is 0.946. The Morgan fingerprint density at radius 1 is 1.47 bits per heavy atom. The summed E-state index contributed by atoms with van der Waals surface area (Å²) in [7, 11) is 1.41. The van der Waals surface area contributed by atoms with Crippen molar-refractivity contribution >= 4 is 5.69 Å². The van der Waals surface area contributed by atoms with Gasteiger partial charge in [0, 0.05) is 4.91 Å². The van der Waals surface area contributed by atoms with E-state index in [0.29, 0.717) is 5.75 Å². The third kappa shape index (κ3) is 2.99. The number of rotatable bonds is 4. The van der Waals surface area contributed by atoms with Crippen molar-refractivity contribution < 1.29 is 18.3 Å². The molecule has 0 aliphatic heterocycles. The zero-order valence-electron chi connectivity index (χ0n) is 7.72. The summed E-state index contributed by atoms with van der Waals surface area (Å²) in [5.41, 5.74) is 8.17. The Bertz CT molecular complexity index is 391. The van der Waals surface area contributed by atoms with Crippen molar-refractivity contribution in [2.45, 2.75) is 6.61 Å². The second-order valence-electron chi connectivity index (χ2n) is 2.40. The first-order valence-corrected chi connectivity index (χ1v) is 3.85. The first kappa shape index (κ1) is 11.1. The maximum atomic E-state index is 11.9. The molecule has 0 aliphatic rings. The lowest BCUT2D eigenvalue weighted by Crippen LogP contribution is -2.01. The summed E-state index contributed by atoms with van der Waals surface area (Å²) in [6.07, 6.45) is 0. The van der Waals surface area contributed by atoms with Gasteiger partial charge in [-0.3, -0.25) is 0 Å². The van der Waals surface area contributed by atoms with E-state index in [9.17, 15) is 8.78 Å². The Balaban J connectivity index is 3.08. The van der Waals surface area contributed by atoms with Gasteiger partial charge in [-0.25, -0.2) is 0 Å². The van der Waals surface area contributed by atoms with Gasteiger partial charge in [0.1, 0.15) is 11.5 Å². The van der Waals surface area contributed by atoms with Crippen molar-refractivity contribution in [1.82, 2.24) is 0 Å². The summed E-state index contributed by atoms with van der Waals surface area (Å²) >= 11 is 0. The minimum Gasteiger partial charge on any atom is -0.497 e. The topological polar surface area (TPSA) is 67.2 Å².